The molecule has 0 spiro atoms. The summed E-state index contributed by atoms with van der Waals surface area (Å²) in [5.41, 5.74) is 7.78. The summed E-state index contributed by atoms with van der Waals surface area (Å²) in [7, 11) is 1.53. The Labute approximate surface area is 119 Å². The molecule has 0 unspecified atom stereocenters. The number of rotatable bonds is 2. The molecule has 0 fully saturated rings. The highest BCUT2D eigenvalue weighted by molar-refractivity contribution is 6.33. The summed E-state index contributed by atoms with van der Waals surface area (Å²) in [5, 5.41) is 0.288. The molecule has 0 atom stereocenters. The molecule has 0 aliphatic rings. The van der Waals surface area contributed by atoms with E-state index in [4.69, 9.17) is 22.1 Å². The smallest absolute Gasteiger partial charge is 0.148 e. The largest absolute Gasteiger partial charge is 0.494 e. The van der Waals surface area contributed by atoms with Crippen molar-refractivity contribution in [1.29, 1.82) is 0 Å². The van der Waals surface area contributed by atoms with Gasteiger partial charge in [0.15, 0.2) is 0 Å². The van der Waals surface area contributed by atoms with E-state index < -0.39 is 5.82 Å². The third-order valence-corrected chi connectivity index (χ3v) is 3.31. The SMILES string of the molecule is COc1cc(N)cc2[nH]c(-c3c(F)cccc3Cl)nc12. The molecule has 3 N–H and O–H groups in total. The van der Waals surface area contributed by atoms with E-state index in [1.165, 1.54) is 13.2 Å². The van der Waals surface area contributed by atoms with Crippen LogP contribution in [0.2, 0.25) is 5.02 Å². The lowest BCUT2D eigenvalue weighted by Crippen LogP contribution is -1.89. The van der Waals surface area contributed by atoms with Crippen LogP contribution in [0.1, 0.15) is 0 Å². The Morgan fingerprint density at radius 2 is 2.15 bits per heavy atom. The second-order valence-electron chi connectivity index (χ2n) is 4.30. The van der Waals surface area contributed by atoms with Gasteiger partial charge in [-0.15, -0.1) is 0 Å². The zero-order valence-electron chi connectivity index (χ0n) is 10.6. The van der Waals surface area contributed by atoms with Crippen LogP contribution in [0.4, 0.5) is 10.1 Å². The van der Waals surface area contributed by atoms with Gasteiger partial charge in [-0.1, -0.05) is 17.7 Å². The van der Waals surface area contributed by atoms with Gasteiger partial charge in [0.1, 0.15) is 22.9 Å². The van der Waals surface area contributed by atoms with E-state index in [9.17, 15) is 4.39 Å². The molecule has 102 valence electrons. The number of methoxy groups -OCH3 is 1. The van der Waals surface area contributed by atoms with E-state index in [-0.39, 0.29) is 10.6 Å². The lowest BCUT2D eigenvalue weighted by Gasteiger charge is -2.01. The zero-order valence-corrected chi connectivity index (χ0v) is 11.3. The minimum atomic E-state index is -0.441. The first-order chi connectivity index (χ1) is 9.60. The molecule has 0 saturated carbocycles. The summed E-state index contributed by atoms with van der Waals surface area (Å²) in [6.07, 6.45) is 0. The Hall–Kier alpha value is -2.27. The maximum absolute atomic E-state index is 13.9. The Morgan fingerprint density at radius 3 is 2.85 bits per heavy atom. The van der Waals surface area contributed by atoms with Crippen LogP contribution in [-0.4, -0.2) is 17.1 Å². The van der Waals surface area contributed by atoms with Crippen molar-refractivity contribution in [2.75, 3.05) is 12.8 Å². The van der Waals surface area contributed by atoms with Gasteiger partial charge in [0, 0.05) is 11.8 Å². The van der Waals surface area contributed by atoms with E-state index in [1.807, 2.05) is 0 Å². The minimum absolute atomic E-state index is 0.228. The van der Waals surface area contributed by atoms with Gasteiger partial charge in [0.25, 0.3) is 0 Å². The third kappa shape index (κ3) is 1.96. The lowest BCUT2D eigenvalue weighted by molar-refractivity contribution is 0.419. The monoisotopic (exact) mass is 291 g/mol. The summed E-state index contributed by atoms with van der Waals surface area (Å²) >= 11 is 6.04. The van der Waals surface area contributed by atoms with Crippen LogP contribution in [0, 0.1) is 5.82 Å². The van der Waals surface area contributed by atoms with Crippen LogP contribution in [0.3, 0.4) is 0 Å². The number of fused-ring (bicyclic) bond motifs is 1. The van der Waals surface area contributed by atoms with E-state index >= 15 is 0 Å². The molecule has 0 aliphatic carbocycles. The molecule has 3 rings (SSSR count). The van der Waals surface area contributed by atoms with E-state index in [0.717, 1.165) is 0 Å². The Bertz CT molecular complexity index is 780. The molecule has 2 aromatic carbocycles. The van der Waals surface area contributed by atoms with Crippen molar-refractivity contribution < 1.29 is 9.13 Å². The van der Waals surface area contributed by atoms with Crippen LogP contribution < -0.4 is 10.5 Å². The van der Waals surface area contributed by atoms with E-state index in [1.54, 1.807) is 24.3 Å². The third-order valence-electron chi connectivity index (χ3n) is 2.99. The highest BCUT2D eigenvalue weighted by Gasteiger charge is 2.16. The lowest BCUT2D eigenvalue weighted by atomic mass is 10.2. The number of nitrogens with one attached hydrogen (secondary N) is 1. The van der Waals surface area contributed by atoms with Gasteiger partial charge in [0.2, 0.25) is 0 Å². The molecule has 4 nitrogen and oxygen atoms in total. The number of hydrogen-bond donors (Lipinski definition) is 2. The Kier molecular flexibility index (Phi) is 2.99. The van der Waals surface area contributed by atoms with Crippen molar-refractivity contribution in [1.82, 2.24) is 9.97 Å². The number of aromatic amines is 1. The Morgan fingerprint density at radius 1 is 1.35 bits per heavy atom. The van der Waals surface area contributed by atoms with Gasteiger partial charge < -0.3 is 15.5 Å². The minimum Gasteiger partial charge on any atom is -0.494 e. The summed E-state index contributed by atoms with van der Waals surface area (Å²) in [5.74, 6) is 0.422. The molecule has 0 radical (unpaired) electrons. The van der Waals surface area contributed by atoms with Crippen LogP contribution in [0.5, 0.6) is 5.75 Å². The van der Waals surface area contributed by atoms with Crippen LogP contribution in [-0.2, 0) is 0 Å². The number of hydrogen-bond acceptors (Lipinski definition) is 3. The second-order valence-corrected chi connectivity index (χ2v) is 4.71. The highest BCUT2D eigenvalue weighted by atomic mass is 35.5. The number of benzene rings is 2. The number of nitrogens with zero attached hydrogens (tertiary/aromatic N) is 1. The molecule has 1 aromatic heterocycles. The van der Waals surface area contributed by atoms with Crippen LogP contribution in [0.25, 0.3) is 22.4 Å². The predicted octanol–water partition coefficient (Wildman–Crippen LogP) is 3.61. The maximum Gasteiger partial charge on any atom is 0.148 e. The Balaban J connectivity index is 2.28. The number of aromatic nitrogens is 2. The fourth-order valence-corrected chi connectivity index (χ4v) is 2.36. The molecule has 3 aromatic rings. The van der Waals surface area contributed by atoms with Crippen molar-refractivity contribution in [2.24, 2.45) is 0 Å². The van der Waals surface area contributed by atoms with Gasteiger partial charge in [0.05, 0.1) is 23.2 Å². The quantitative estimate of drug-likeness (QED) is 0.709. The number of halogens is 2. The van der Waals surface area contributed by atoms with Gasteiger partial charge >= 0.3 is 0 Å². The zero-order chi connectivity index (χ0) is 14.3. The molecular weight excluding hydrogens is 281 g/mol. The molecule has 0 bridgehead atoms. The van der Waals surface area contributed by atoms with Crippen molar-refractivity contribution in [3.05, 3.63) is 41.2 Å². The van der Waals surface area contributed by atoms with Crippen molar-refractivity contribution in [2.45, 2.75) is 0 Å². The number of H-pyrrole nitrogens is 1. The molecule has 0 amide bonds. The molecule has 1 heterocycles. The van der Waals surface area contributed by atoms with Gasteiger partial charge in [-0.2, -0.15) is 0 Å². The number of nitrogen functional groups attached to an aromatic ring is 1. The topological polar surface area (TPSA) is 63.9 Å². The molecule has 0 aliphatic heterocycles. The average molecular weight is 292 g/mol. The van der Waals surface area contributed by atoms with Gasteiger partial charge in [-0.3, -0.25) is 0 Å². The van der Waals surface area contributed by atoms with E-state index in [0.29, 0.717) is 28.3 Å². The van der Waals surface area contributed by atoms with Crippen molar-refractivity contribution >= 4 is 28.3 Å². The highest BCUT2D eigenvalue weighted by Crippen LogP contribution is 2.33. The number of imidazole rings is 1. The summed E-state index contributed by atoms with van der Waals surface area (Å²) in [6, 6.07) is 7.86. The van der Waals surface area contributed by atoms with Crippen molar-refractivity contribution in [3.63, 3.8) is 0 Å². The fourth-order valence-electron chi connectivity index (χ4n) is 2.11. The summed E-state index contributed by atoms with van der Waals surface area (Å²) in [6.45, 7) is 0. The van der Waals surface area contributed by atoms with Gasteiger partial charge in [-0.05, 0) is 18.2 Å². The predicted molar refractivity (Wildman–Crippen MR) is 77.5 cm³/mol. The van der Waals surface area contributed by atoms with Crippen LogP contribution in [0.15, 0.2) is 30.3 Å². The summed E-state index contributed by atoms with van der Waals surface area (Å²) in [4.78, 5) is 7.37. The maximum atomic E-state index is 13.9. The summed E-state index contributed by atoms with van der Waals surface area (Å²) < 4.78 is 19.2. The molecule has 6 heteroatoms. The second kappa shape index (κ2) is 4.68. The fraction of sp³-hybridized carbons (Fsp3) is 0.0714. The average Bonchev–Trinajstić information content (AvgIpc) is 2.80. The van der Waals surface area contributed by atoms with Crippen LogP contribution >= 0.6 is 11.6 Å². The normalized spacial score (nSPS) is 10.9. The molecular formula is C14H11ClFN3O. The number of ether oxygens (including phenoxy) is 1. The van der Waals surface area contributed by atoms with Crippen molar-refractivity contribution in [3.8, 4) is 17.1 Å². The molecule has 0 saturated heterocycles. The first-order valence-electron chi connectivity index (χ1n) is 5.87. The first-order valence-corrected chi connectivity index (χ1v) is 6.25. The van der Waals surface area contributed by atoms with E-state index in [2.05, 4.69) is 9.97 Å². The standard InChI is InChI=1S/C14H11ClFN3O/c1-20-11-6-7(17)5-10-13(11)19-14(18-10)12-8(15)3-2-4-9(12)16/h2-6H,17H2,1H3,(H,18,19). The number of nitrogens with two attached hydrogens (primary N) is 1. The molecule has 20 heavy (non-hydrogen) atoms. The van der Waals surface area contributed by atoms with Gasteiger partial charge in [-0.25, -0.2) is 9.37 Å². The first kappa shape index (κ1) is 12.7. The number of anilines is 1.